The quantitative estimate of drug-likeness (QED) is 0.682. The monoisotopic (exact) mass is 443 g/mol. The molecule has 0 atom stereocenters. The molecule has 8 heteroatoms. The van der Waals surface area contributed by atoms with Gasteiger partial charge in [0.1, 0.15) is 22.3 Å². The molecule has 1 spiro atoms. The van der Waals surface area contributed by atoms with E-state index in [0.29, 0.717) is 17.2 Å². The molecule has 0 unspecified atom stereocenters. The van der Waals surface area contributed by atoms with Crippen LogP contribution in [0.5, 0.6) is 11.5 Å². The van der Waals surface area contributed by atoms with Gasteiger partial charge in [0.05, 0.1) is 30.5 Å². The van der Waals surface area contributed by atoms with Gasteiger partial charge in [0.15, 0.2) is 5.66 Å². The molecule has 2 aromatic rings. The predicted octanol–water partition coefficient (Wildman–Crippen LogP) is 5.00. The normalized spacial score (nSPS) is 17.4. The SMILES string of the molecule is COc1ccc(OC)c(NC(=O)CSC2=NC3(CCCCC3)N=C2c2cccs2)c1. The maximum atomic E-state index is 12.7. The second-order valence-electron chi connectivity index (χ2n) is 7.30. The van der Waals surface area contributed by atoms with Gasteiger partial charge in [-0.05, 0) is 49.3 Å². The lowest BCUT2D eigenvalue weighted by Gasteiger charge is -2.27. The third-order valence-corrected chi connectivity index (χ3v) is 7.10. The van der Waals surface area contributed by atoms with E-state index in [0.717, 1.165) is 41.3 Å². The number of nitrogens with zero attached hydrogens (tertiary/aromatic N) is 2. The van der Waals surface area contributed by atoms with E-state index < -0.39 is 0 Å². The molecule has 1 fully saturated rings. The number of rotatable bonds is 6. The summed E-state index contributed by atoms with van der Waals surface area (Å²) in [4.78, 5) is 23.9. The Morgan fingerprint density at radius 2 is 2.00 bits per heavy atom. The Labute approximate surface area is 184 Å². The zero-order valence-electron chi connectivity index (χ0n) is 17.1. The van der Waals surface area contributed by atoms with Gasteiger partial charge in [-0.2, -0.15) is 0 Å². The van der Waals surface area contributed by atoms with Crippen LogP contribution in [-0.4, -0.2) is 42.3 Å². The Hall–Kier alpha value is -2.32. The molecule has 0 saturated heterocycles. The number of aliphatic imine (C=N–C) groups is 2. The van der Waals surface area contributed by atoms with Crippen LogP contribution in [0.3, 0.4) is 0 Å². The van der Waals surface area contributed by atoms with Crippen molar-refractivity contribution in [2.45, 2.75) is 37.8 Å². The molecule has 1 saturated carbocycles. The number of hydrogen-bond donors (Lipinski definition) is 1. The minimum Gasteiger partial charge on any atom is -0.497 e. The van der Waals surface area contributed by atoms with Crippen LogP contribution in [0.25, 0.3) is 0 Å². The van der Waals surface area contributed by atoms with Gasteiger partial charge < -0.3 is 14.8 Å². The highest BCUT2D eigenvalue weighted by Gasteiger charge is 2.38. The number of thioether (sulfide) groups is 1. The van der Waals surface area contributed by atoms with Crippen molar-refractivity contribution in [2.24, 2.45) is 9.98 Å². The van der Waals surface area contributed by atoms with E-state index in [4.69, 9.17) is 19.5 Å². The fraction of sp³-hybridized carbons (Fsp3) is 0.409. The number of anilines is 1. The minimum absolute atomic E-state index is 0.121. The van der Waals surface area contributed by atoms with Crippen LogP contribution in [0.2, 0.25) is 0 Å². The zero-order valence-corrected chi connectivity index (χ0v) is 18.8. The van der Waals surface area contributed by atoms with E-state index >= 15 is 0 Å². The molecule has 30 heavy (non-hydrogen) atoms. The average Bonchev–Trinajstić information content (AvgIpc) is 3.41. The number of methoxy groups -OCH3 is 2. The molecule has 158 valence electrons. The van der Waals surface area contributed by atoms with Gasteiger partial charge >= 0.3 is 0 Å². The van der Waals surface area contributed by atoms with Gasteiger partial charge in [0, 0.05) is 6.07 Å². The molecule has 2 aliphatic rings. The summed E-state index contributed by atoms with van der Waals surface area (Å²) in [5, 5.41) is 5.84. The summed E-state index contributed by atoms with van der Waals surface area (Å²) in [7, 11) is 3.17. The molecule has 1 aromatic carbocycles. The van der Waals surface area contributed by atoms with Crippen LogP contribution in [0, 0.1) is 0 Å². The van der Waals surface area contributed by atoms with Gasteiger partial charge in [0.25, 0.3) is 0 Å². The summed E-state index contributed by atoms with van der Waals surface area (Å²) in [6.07, 6.45) is 5.52. The summed E-state index contributed by atoms with van der Waals surface area (Å²) in [5.74, 6) is 1.38. The first kappa shape index (κ1) is 20.9. The van der Waals surface area contributed by atoms with Crippen molar-refractivity contribution in [3.8, 4) is 11.5 Å². The molecule has 1 aliphatic heterocycles. The number of hydrogen-bond acceptors (Lipinski definition) is 7. The van der Waals surface area contributed by atoms with Crippen LogP contribution in [0.1, 0.15) is 37.0 Å². The molecular formula is C22H25N3O3S2. The molecule has 1 N–H and O–H groups in total. The van der Waals surface area contributed by atoms with Gasteiger partial charge in [-0.1, -0.05) is 24.2 Å². The lowest BCUT2D eigenvalue weighted by Crippen LogP contribution is -2.25. The third kappa shape index (κ3) is 4.54. The molecule has 6 nitrogen and oxygen atoms in total. The van der Waals surface area contributed by atoms with Crippen LogP contribution in [0.4, 0.5) is 5.69 Å². The lowest BCUT2D eigenvalue weighted by atomic mass is 9.90. The van der Waals surface area contributed by atoms with E-state index in [-0.39, 0.29) is 17.3 Å². The van der Waals surface area contributed by atoms with E-state index in [1.165, 1.54) is 18.2 Å². The second-order valence-corrected chi connectivity index (χ2v) is 9.21. The number of benzene rings is 1. The standard InChI is InChI=1S/C22H25N3O3S2/c1-27-15-8-9-17(28-2)16(13-15)23-19(26)14-30-21-20(18-7-6-12-29-18)24-22(25-21)10-4-3-5-11-22/h6-9,12-13H,3-5,10-11,14H2,1-2H3,(H,23,26). The highest BCUT2D eigenvalue weighted by Crippen LogP contribution is 2.39. The van der Waals surface area contributed by atoms with Crippen molar-refractivity contribution >= 4 is 45.4 Å². The Morgan fingerprint density at radius 3 is 2.70 bits per heavy atom. The second kappa shape index (κ2) is 9.22. The van der Waals surface area contributed by atoms with Crippen LogP contribution in [-0.2, 0) is 4.79 Å². The maximum Gasteiger partial charge on any atom is 0.234 e. The van der Waals surface area contributed by atoms with Crippen molar-refractivity contribution in [1.29, 1.82) is 0 Å². The first-order valence-corrected chi connectivity index (χ1v) is 11.9. The maximum absolute atomic E-state index is 12.7. The highest BCUT2D eigenvalue weighted by atomic mass is 32.2. The molecule has 1 amide bonds. The topological polar surface area (TPSA) is 72.3 Å². The fourth-order valence-corrected chi connectivity index (χ4v) is 5.42. The first-order chi connectivity index (χ1) is 14.6. The Bertz CT molecular complexity index is 964. The number of carbonyl (C=O) groups is 1. The molecule has 1 aliphatic carbocycles. The Kier molecular flexibility index (Phi) is 6.43. The average molecular weight is 444 g/mol. The number of thiophene rings is 1. The molecule has 0 radical (unpaired) electrons. The number of amides is 1. The van der Waals surface area contributed by atoms with Crippen molar-refractivity contribution in [2.75, 3.05) is 25.3 Å². The Balaban J connectivity index is 1.47. The summed E-state index contributed by atoms with van der Waals surface area (Å²) in [6, 6.07) is 9.42. The summed E-state index contributed by atoms with van der Waals surface area (Å²) >= 11 is 3.11. The van der Waals surface area contributed by atoms with Crippen molar-refractivity contribution in [3.05, 3.63) is 40.6 Å². The number of carbonyl (C=O) groups excluding carboxylic acids is 1. The summed E-state index contributed by atoms with van der Waals surface area (Å²) in [6.45, 7) is 0. The number of nitrogens with one attached hydrogen (secondary N) is 1. The first-order valence-electron chi connectivity index (χ1n) is 10.0. The predicted molar refractivity (Wildman–Crippen MR) is 125 cm³/mol. The van der Waals surface area contributed by atoms with Crippen LogP contribution >= 0.6 is 23.1 Å². The molecule has 0 bridgehead atoms. The van der Waals surface area contributed by atoms with E-state index in [2.05, 4.69) is 11.4 Å². The molecule has 1 aromatic heterocycles. The fourth-order valence-electron chi connectivity index (χ4n) is 3.77. The van der Waals surface area contributed by atoms with Gasteiger partial charge in [0.2, 0.25) is 5.91 Å². The molecular weight excluding hydrogens is 418 g/mol. The number of ether oxygens (including phenoxy) is 2. The van der Waals surface area contributed by atoms with Gasteiger partial charge in [-0.25, -0.2) is 4.99 Å². The molecule has 2 heterocycles. The van der Waals surface area contributed by atoms with Crippen molar-refractivity contribution in [1.82, 2.24) is 0 Å². The lowest BCUT2D eigenvalue weighted by molar-refractivity contribution is -0.113. The van der Waals surface area contributed by atoms with Crippen LogP contribution in [0.15, 0.2) is 45.7 Å². The third-order valence-electron chi connectivity index (χ3n) is 5.26. The van der Waals surface area contributed by atoms with E-state index in [1.54, 1.807) is 43.8 Å². The van der Waals surface area contributed by atoms with Gasteiger partial charge in [-0.3, -0.25) is 9.79 Å². The molecule has 4 rings (SSSR count). The summed E-state index contributed by atoms with van der Waals surface area (Å²) in [5.41, 5.74) is 1.20. The van der Waals surface area contributed by atoms with Crippen molar-refractivity contribution < 1.29 is 14.3 Å². The largest absolute Gasteiger partial charge is 0.497 e. The van der Waals surface area contributed by atoms with Crippen LogP contribution < -0.4 is 14.8 Å². The van der Waals surface area contributed by atoms with Gasteiger partial charge in [-0.15, -0.1) is 11.3 Å². The minimum atomic E-state index is -0.327. The summed E-state index contributed by atoms with van der Waals surface area (Å²) < 4.78 is 10.6. The van der Waals surface area contributed by atoms with Crippen molar-refractivity contribution in [3.63, 3.8) is 0 Å². The van der Waals surface area contributed by atoms with E-state index in [9.17, 15) is 4.79 Å². The highest BCUT2D eigenvalue weighted by molar-refractivity contribution is 8.16. The zero-order chi connectivity index (χ0) is 21.0. The van der Waals surface area contributed by atoms with E-state index in [1.807, 2.05) is 11.4 Å². The Morgan fingerprint density at radius 1 is 1.17 bits per heavy atom. The smallest absolute Gasteiger partial charge is 0.234 e.